The maximum absolute atomic E-state index is 5.39. The molecule has 19 heavy (non-hydrogen) atoms. The Morgan fingerprint density at radius 3 is 2.37 bits per heavy atom. The van der Waals surface area contributed by atoms with Crippen LogP contribution in [0.4, 0.5) is 0 Å². The molecule has 0 fully saturated rings. The Bertz CT molecular complexity index is 550. The van der Waals surface area contributed by atoms with E-state index in [1.165, 1.54) is 12.8 Å². The summed E-state index contributed by atoms with van der Waals surface area (Å²) < 4.78 is 2.75. The molecule has 0 bridgehead atoms. The summed E-state index contributed by atoms with van der Waals surface area (Å²) in [6.45, 7) is 4.44. The second kappa shape index (κ2) is 6.66. The van der Waals surface area contributed by atoms with Crippen molar-refractivity contribution in [2.24, 2.45) is 0 Å². The highest BCUT2D eigenvalue weighted by Crippen LogP contribution is 2.26. The Balaban J connectivity index is 2.44. The first-order chi connectivity index (χ1) is 9.27. The minimum Gasteiger partial charge on any atom is -0.272 e. The fourth-order valence-electron chi connectivity index (χ4n) is 2.51. The van der Waals surface area contributed by atoms with Gasteiger partial charge >= 0.3 is 0 Å². The first kappa shape index (κ1) is 14.0. The predicted molar refractivity (Wildman–Crippen MR) is 81.3 cm³/mol. The Kier molecular flexibility index (Phi) is 4.91. The molecule has 0 spiro atoms. The van der Waals surface area contributed by atoms with Gasteiger partial charge in [0.25, 0.3) is 0 Å². The maximum atomic E-state index is 5.39. The standard InChI is InChI=1S/C15H21N3S/c1-3-8-12(9-4-2)14-16-17-15(19)18(14)13-10-6-5-7-11-13/h5-7,10-12H,3-4,8-9H2,1-2H3,(H,17,19). The summed E-state index contributed by atoms with van der Waals surface area (Å²) in [6, 6.07) is 10.2. The van der Waals surface area contributed by atoms with Crippen LogP contribution in [0.5, 0.6) is 0 Å². The van der Waals surface area contributed by atoms with Crippen molar-refractivity contribution >= 4 is 12.2 Å². The van der Waals surface area contributed by atoms with Gasteiger partial charge in [0.1, 0.15) is 5.82 Å². The predicted octanol–water partition coefficient (Wildman–Crippen LogP) is 4.61. The van der Waals surface area contributed by atoms with Crippen LogP contribution < -0.4 is 0 Å². The Hall–Kier alpha value is -1.42. The Morgan fingerprint density at radius 2 is 1.79 bits per heavy atom. The van der Waals surface area contributed by atoms with Gasteiger partial charge in [-0.25, -0.2) is 0 Å². The van der Waals surface area contributed by atoms with Gasteiger partial charge in [-0.1, -0.05) is 44.9 Å². The molecule has 0 saturated heterocycles. The van der Waals surface area contributed by atoms with Crippen LogP contribution in [0.1, 0.15) is 51.3 Å². The van der Waals surface area contributed by atoms with Crippen molar-refractivity contribution < 1.29 is 0 Å². The number of hydrogen-bond donors (Lipinski definition) is 1. The van der Waals surface area contributed by atoms with Crippen LogP contribution in [-0.2, 0) is 0 Å². The average Bonchev–Trinajstić information content (AvgIpc) is 2.81. The molecule has 0 aliphatic carbocycles. The van der Waals surface area contributed by atoms with Gasteiger partial charge in [0, 0.05) is 11.6 Å². The van der Waals surface area contributed by atoms with E-state index in [0.717, 1.165) is 24.4 Å². The number of aromatic amines is 1. The summed E-state index contributed by atoms with van der Waals surface area (Å²) in [5.41, 5.74) is 1.09. The number of benzene rings is 1. The van der Waals surface area contributed by atoms with E-state index in [2.05, 4.69) is 40.7 Å². The second-order valence-electron chi connectivity index (χ2n) is 4.83. The molecule has 0 aliphatic rings. The lowest BCUT2D eigenvalue weighted by atomic mass is 9.97. The largest absolute Gasteiger partial charge is 0.272 e. The van der Waals surface area contributed by atoms with E-state index in [4.69, 9.17) is 12.2 Å². The van der Waals surface area contributed by atoms with Crippen LogP contribution in [0.3, 0.4) is 0 Å². The normalized spacial score (nSPS) is 11.1. The molecule has 1 aromatic carbocycles. The van der Waals surface area contributed by atoms with Gasteiger partial charge in [0.15, 0.2) is 4.77 Å². The fourth-order valence-corrected chi connectivity index (χ4v) is 2.75. The van der Waals surface area contributed by atoms with Crippen LogP contribution in [0.2, 0.25) is 0 Å². The lowest BCUT2D eigenvalue weighted by Crippen LogP contribution is -2.08. The van der Waals surface area contributed by atoms with Gasteiger partial charge < -0.3 is 0 Å². The number of rotatable bonds is 6. The van der Waals surface area contributed by atoms with Gasteiger partial charge in [0.2, 0.25) is 0 Å². The lowest BCUT2D eigenvalue weighted by Gasteiger charge is -2.16. The molecule has 1 N–H and O–H groups in total. The highest BCUT2D eigenvalue weighted by atomic mass is 32.1. The van der Waals surface area contributed by atoms with Crippen molar-refractivity contribution in [1.82, 2.24) is 14.8 Å². The van der Waals surface area contributed by atoms with Crippen LogP contribution in [-0.4, -0.2) is 14.8 Å². The smallest absolute Gasteiger partial charge is 0.199 e. The van der Waals surface area contributed by atoms with Gasteiger partial charge in [-0.2, -0.15) is 5.10 Å². The average molecular weight is 275 g/mol. The molecule has 0 atom stereocenters. The molecule has 4 heteroatoms. The molecule has 0 unspecified atom stereocenters. The zero-order valence-corrected chi connectivity index (χ0v) is 12.4. The number of nitrogens with one attached hydrogen (secondary N) is 1. The molecule has 3 nitrogen and oxygen atoms in total. The van der Waals surface area contributed by atoms with Gasteiger partial charge in [0.05, 0.1) is 0 Å². The van der Waals surface area contributed by atoms with E-state index in [0.29, 0.717) is 10.7 Å². The fraction of sp³-hybridized carbons (Fsp3) is 0.467. The molecule has 1 heterocycles. The summed E-state index contributed by atoms with van der Waals surface area (Å²) in [5, 5.41) is 7.42. The van der Waals surface area contributed by atoms with Crippen molar-refractivity contribution in [2.45, 2.75) is 45.4 Å². The number of H-pyrrole nitrogens is 1. The van der Waals surface area contributed by atoms with Crippen molar-refractivity contribution in [3.8, 4) is 5.69 Å². The van der Waals surface area contributed by atoms with Crippen molar-refractivity contribution in [3.63, 3.8) is 0 Å². The molecule has 2 aromatic rings. The highest BCUT2D eigenvalue weighted by Gasteiger charge is 2.18. The van der Waals surface area contributed by atoms with Crippen molar-refractivity contribution in [1.29, 1.82) is 0 Å². The van der Waals surface area contributed by atoms with Gasteiger partial charge in [-0.05, 0) is 37.2 Å². The number of hydrogen-bond acceptors (Lipinski definition) is 2. The SMILES string of the molecule is CCCC(CCC)c1n[nH]c(=S)n1-c1ccccc1. The molecule has 102 valence electrons. The molecule has 1 aromatic heterocycles. The Labute approximate surface area is 119 Å². The highest BCUT2D eigenvalue weighted by molar-refractivity contribution is 7.71. The first-order valence-electron chi connectivity index (χ1n) is 7.00. The van der Waals surface area contributed by atoms with Crippen molar-refractivity contribution in [2.75, 3.05) is 0 Å². The molecule has 0 amide bonds. The maximum Gasteiger partial charge on any atom is 0.199 e. The summed E-state index contributed by atoms with van der Waals surface area (Å²) >= 11 is 5.39. The van der Waals surface area contributed by atoms with Crippen LogP contribution in [0.15, 0.2) is 30.3 Å². The van der Waals surface area contributed by atoms with Gasteiger partial charge in [-0.3, -0.25) is 9.67 Å². The molecular formula is C15H21N3S. The molecule has 0 radical (unpaired) electrons. The summed E-state index contributed by atoms with van der Waals surface area (Å²) in [5.74, 6) is 1.54. The number of para-hydroxylation sites is 1. The third kappa shape index (κ3) is 3.13. The van der Waals surface area contributed by atoms with Crippen LogP contribution in [0, 0.1) is 4.77 Å². The van der Waals surface area contributed by atoms with E-state index in [1.54, 1.807) is 0 Å². The first-order valence-corrected chi connectivity index (χ1v) is 7.41. The van der Waals surface area contributed by atoms with Gasteiger partial charge in [-0.15, -0.1) is 0 Å². The van der Waals surface area contributed by atoms with Crippen LogP contribution >= 0.6 is 12.2 Å². The number of nitrogens with zero attached hydrogens (tertiary/aromatic N) is 2. The van der Waals surface area contributed by atoms with E-state index in [-0.39, 0.29) is 0 Å². The minimum absolute atomic E-state index is 0.475. The molecule has 0 aliphatic heterocycles. The zero-order valence-electron chi connectivity index (χ0n) is 11.6. The quantitative estimate of drug-likeness (QED) is 0.781. The van der Waals surface area contributed by atoms with E-state index in [1.807, 2.05) is 18.2 Å². The monoisotopic (exact) mass is 275 g/mol. The van der Waals surface area contributed by atoms with E-state index >= 15 is 0 Å². The Morgan fingerprint density at radius 1 is 1.16 bits per heavy atom. The molecular weight excluding hydrogens is 254 g/mol. The molecule has 2 rings (SSSR count). The topological polar surface area (TPSA) is 33.6 Å². The lowest BCUT2D eigenvalue weighted by molar-refractivity contribution is 0.525. The van der Waals surface area contributed by atoms with Crippen LogP contribution in [0.25, 0.3) is 5.69 Å². The summed E-state index contributed by atoms with van der Waals surface area (Å²) in [7, 11) is 0. The minimum atomic E-state index is 0.475. The third-order valence-corrected chi connectivity index (χ3v) is 3.63. The van der Waals surface area contributed by atoms with Crippen molar-refractivity contribution in [3.05, 3.63) is 40.9 Å². The molecule has 0 saturated carbocycles. The van der Waals surface area contributed by atoms with E-state index in [9.17, 15) is 0 Å². The number of aromatic nitrogens is 3. The summed E-state index contributed by atoms with van der Waals surface area (Å²) in [4.78, 5) is 0. The summed E-state index contributed by atoms with van der Waals surface area (Å²) in [6.07, 6.45) is 4.64. The third-order valence-electron chi connectivity index (χ3n) is 3.35. The second-order valence-corrected chi connectivity index (χ2v) is 5.22. The zero-order chi connectivity index (χ0) is 13.7. The van der Waals surface area contributed by atoms with E-state index < -0.39 is 0 Å².